The molecule has 4 nitrogen and oxygen atoms in total. The third kappa shape index (κ3) is 3.38. The molecule has 2 aromatic carbocycles. The van der Waals surface area contributed by atoms with Crippen molar-refractivity contribution < 1.29 is 4.74 Å². The number of rotatable bonds is 5. The molecule has 106 valence electrons. The van der Waals surface area contributed by atoms with E-state index in [1.54, 1.807) is 11.3 Å². The maximum absolute atomic E-state index is 7.27. The van der Waals surface area contributed by atoms with Crippen LogP contribution >= 0.6 is 11.3 Å². The zero-order chi connectivity index (χ0) is 14.7. The van der Waals surface area contributed by atoms with Crippen molar-refractivity contribution in [2.24, 2.45) is 5.73 Å². The van der Waals surface area contributed by atoms with Crippen LogP contribution in [0.15, 0.2) is 48.5 Å². The van der Waals surface area contributed by atoms with Gasteiger partial charge in [0.25, 0.3) is 0 Å². The van der Waals surface area contributed by atoms with Crippen LogP contribution in [0.1, 0.15) is 10.6 Å². The minimum Gasteiger partial charge on any atom is -0.486 e. The summed E-state index contributed by atoms with van der Waals surface area (Å²) in [6.45, 7) is 0.464. The summed E-state index contributed by atoms with van der Waals surface area (Å²) in [5.41, 5.74) is 7.40. The molecule has 0 unspecified atom stereocenters. The quantitative estimate of drug-likeness (QED) is 0.560. The summed E-state index contributed by atoms with van der Waals surface area (Å²) in [5, 5.41) is 8.23. The van der Waals surface area contributed by atoms with Gasteiger partial charge in [0.2, 0.25) is 0 Å². The van der Waals surface area contributed by atoms with Crippen molar-refractivity contribution >= 4 is 27.4 Å². The van der Waals surface area contributed by atoms with E-state index in [0.717, 1.165) is 21.8 Å². The molecule has 0 atom stereocenters. The van der Waals surface area contributed by atoms with E-state index in [1.165, 1.54) is 4.70 Å². The zero-order valence-corrected chi connectivity index (χ0v) is 12.2. The van der Waals surface area contributed by atoms with Gasteiger partial charge in [-0.3, -0.25) is 5.41 Å². The number of hydrogen-bond acceptors (Lipinski definition) is 4. The van der Waals surface area contributed by atoms with E-state index in [2.05, 4.69) is 11.1 Å². The van der Waals surface area contributed by atoms with Gasteiger partial charge in [0, 0.05) is 6.42 Å². The monoisotopic (exact) mass is 297 g/mol. The van der Waals surface area contributed by atoms with Gasteiger partial charge >= 0.3 is 0 Å². The molecule has 0 saturated carbocycles. The Morgan fingerprint density at radius 2 is 1.90 bits per heavy atom. The summed E-state index contributed by atoms with van der Waals surface area (Å²) in [5.74, 6) is 0.958. The number of ether oxygens (including phenoxy) is 1. The molecule has 0 aliphatic carbocycles. The van der Waals surface area contributed by atoms with Gasteiger partial charge in [-0.05, 0) is 29.8 Å². The van der Waals surface area contributed by atoms with Crippen molar-refractivity contribution in [3.05, 3.63) is 59.1 Å². The number of hydrogen-bond donors (Lipinski definition) is 2. The van der Waals surface area contributed by atoms with Crippen LogP contribution < -0.4 is 10.5 Å². The van der Waals surface area contributed by atoms with Crippen LogP contribution in [0.25, 0.3) is 10.2 Å². The normalized spacial score (nSPS) is 10.7. The van der Waals surface area contributed by atoms with Crippen LogP contribution in [-0.2, 0) is 13.0 Å². The number of amidine groups is 1. The minimum atomic E-state index is 0.165. The van der Waals surface area contributed by atoms with E-state index in [1.807, 2.05) is 42.5 Å². The van der Waals surface area contributed by atoms with E-state index >= 15 is 0 Å². The van der Waals surface area contributed by atoms with Gasteiger partial charge in [-0.15, -0.1) is 11.3 Å². The topological polar surface area (TPSA) is 72.0 Å². The lowest BCUT2D eigenvalue weighted by molar-refractivity contribution is 0.306. The van der Waals surface area contributed by atoms with Crippen LogP contribution in [0, 0.1) is 5.41 Å². The summed E-state index contributed by atoms with van der Waals surface area (Å²) in [6, 6.07) is 15.7. The average molecular weight is 297 g/mol. The number of thiazole rings is 1. The standard InChI is InChI=1S/C16H15N3OS/c17-15(18)9-11-5-7-12(8-6-11)20-10-16-19-13-3-1-2-4-14(13)21-16/h1-8H,9-10H2,(H3,17,18). The third-order valence-corrected chi connectivity index (χ3v) is 4.03. The largest absolute Gasteiger partial charge is 0.486 e. The predicted molar refractivity (Wildman–Crippen MR) is 86.0 cm³/mol. The molecular weight excluding hydrogens is 282 g/mol. The van der Waals surface area contributed by atoms with E-state index < -0.39 is 0 Å². The van der Waals surface area contributed by atoms with Gasteiger partial charge in [0.1, 0.15) is 17.4 Å². The van der Waals surface area contributed by atoms with Crippen molar-refractivity contribution in [1.82, 2.24) is 4.98 Å². The zero-order valence-electron chi connectivity index (χ0n) is 11.4. The smallest absolute Gasteiger partial charge is 0.140 e. The number of nitrogens with two attached hydrogens (primary N) is 1. The Bertz CT molecular complexity index is 732. The molecule has 3 N–H and O–H groups in total. The van der Waals surface area contributed by atoms with Crippen LogP contribution in [-0.4, -0.2) is 10.8 Å². The maximum Gasteiger partial charge on any atom is 0.140 e. The Kier molecular flexibility index (Phi) is 3.83. The highest BCUT2D eigenvalue weighted by Crippen LogP contribution is 2.23. The summed E-state index contributed by atoms with van der Waals surface area (Å²) in [6.07, 6.45) is 0.470. The molecule has 0 amide bonds. The summed E-state index contributed by atoms with van der Waals surface area (Å²) in [7, 11) is 0. The number of fused-ring (bicyclic) bond motifs is 1. The lowest BCUT2D eigenvalue weighted by Gasteiger charge is -2.05. The molecular formula is C16H15N3OS. The van der Waals surface area contributed by atoms with E-state index in [0.29, 0.717) is 13.0 Å². The van der Waals surface area contributed by atoms with Crippen molar-refractivity contribution in [2.45, 2.75) is 13.0 Å². The van der Waals surface area contributed by atoms with Crippen molar-refractivity contribution in [3.63, 3.8) is 0 Å². The highest BCUT2D eigenvalue weighted by Gasteiger charge is 2.04. The Balaban J connectivity index is 1.65. The minimum absolute atomic E-state index is 0.165. The van der Waals surface area contributed by atoms with E-state index in [9.17, 15) is 0 Å². The summed E-state index contributed by atoms with van der Waals surface area (Å²) in [4.78, 5) is 4.53. The fraction of sp³-hybridized carbons (Fsp3) is 0.125. The van der Waals surface area contributed by atoms with Crippen LogP contribution in [0.4, 0.5) is 0 Å². The van der Waals surface area contributed by atoms with Gasteiger partial charge in [-0.2, -0.15) is 0 Å². The molecule has 3 rings (SSSR count). The number of aromatic nitrogens is 1. The Morgan fingerprint density at radius 1 is 1.14 bits per heavy atom. The molecule has 0 bridgehead atoms. The van der Waals surface area contributed by atoms with Crippen LogP contribution in [0.5, 0.6) is 5.75 Å². The highest BCUT2D eigenvalue weighted by atomic mass is 32.1. The number of para-hydroxylation sites is 1. The molecule has 0 radical (unpaired) electrons. The summed E-state index contributed by atoms with van der Waals surface area (Å²) < 4.78 is 6.92. The first-order valence-electron chi connectivity index (χ1n) is 6.60. The van der Waals surface area contributed by atoms with Crippen molar-refractivity contribution in [2.75, 3.05) is 0 Å². The Morgan fingerprint density at radius 3 is 2.62 bits per heavy atom. The second-order valence-corrected chi connectivity index (χ2v) is 5.83. The average Bonchev–Trinajstić information content (AvgIpc) is 2.89. The second kappa shape index (κ2) is 5.93. The van der Waals surface area contributed by atoms with Gasteiger partial charge in [0.05, 0.1) is 16.1 Å². The molecule has 0 spiro atoms. The fourth-order valence-electron chi connectivity index (χ4n) is 2.05. The lowest BCUT2D eigenvalue weighted by atomic mass is 10.1. The third-order valence-electron chi connectivity index (χ3n) is 3.02. The Labute approximate surface area is 126 Å². The first-order valence-corrected chi connectivity index (χ1v) is 7.41. The number of benzene rings is 2. The molecule has 1 aromatic heterocycles. The van der Waals surface area contributed by atoms with Gasteiger partial charge in [0.15, 0.2) is 0 Å². The lowest BCUT2D eigenvalue weighted by Crippen LogP contribution is -2.12. The van der Waals surface area contributed by atoms with Gasteiger partial charge in [-0.25, -0.2) is 4.98 Å². The first-order chi connectivity index (χ1) is 10.2. The second-order valence-electron chi connectivity index (χ2n) is 4.71. The molecule has 0 aliphatic rings. The van der Waals surface area contributed by atoms with Gasteiger partial charge < -0.3 is 10.5 Å². The number of nitrogens with one attached hydrogen (secondary N) is 1. The molecule has 0 fully saturated rings. The van der Waals surface area contributed by atoms with Crippen LogP contribution in [0.2, 0.25) is 0 Å². The SMILES string of the molecule is N=C(N)Cc1ccc(OCc2nc3ccccc3s2)cc1. The maximum atomic E-state index is 7.27. The van der Waals surface area contributed by atoms with Crippen molar-refractivity contribution in [1.29, 1.82) is 5.41 Å². The Hall–Kier alpha value is -2.40. The van der Waals surface area contributed by atoms with E-state index in [4.69, 9.17) is 15.9 Å². The molecule has 3 aromatic rings. The first kappa shape index (κ1) is 13.6. The fourth-order valence-corrected chi connectivity index (χ4v) is 2.93. The van der Waals surface area contributed by atoms with Crippen LogP contribution in [0.3, 0.4) is 0 Å². The molecule has 21 heavy (non-hydrogen) atoms. The van der Waals surface area contributed by atoms with Gasteiger partial charge in [-0.1, -0.05) is 24.3 Å². The van der Waals surface area contributed by atoms with E-state index in [-0.39, 0.29) is 5.84 Å². The highest BCUT2D eigenvalue weighted by molar-refractivity contribution is 7.18. The van der Waals surface area contributed by atoms with Crippen molar-refractivity contribution in [3.8, 4) is 5.75 Å². The predicted octanol–water partition coefficient (Wildman–Crippen LogP) is 3.35. The molecule has 5 heteroatoms. The number of nitrogens with zero attached hydrogens (tertiary/aromatic N) is 1. The summed E-state index contributed by atoms with van der Waals surface area (Å²) >= 11 is 1.65. The molecule has 0 saturated heterocycles. The molecule has 1 heterocycles. The molecule has 0 aliphatic heterocycles.